The molecule has 9 nitrogen and oxygen atoms in total. The van der Waals surface area contributed by atoms with E-state index in [4.69, 9.17) is 4.74 Å². The fourth-order valence-electron chi connectivity index (χ4n) is 4.18. The molecule has 1 aliphatic rings. The van der Waals surface area contributed by atoms with Gasteiger partial charge in [0.2, 0.25) is 5.78 Å². The minimum atomic E-state index is -0.349. The van der Waals surface area contributed by atoms with Crippen LogP contribution < -0.4 is 11.2 Å². The van der Waals surface area contributed by atoms with Gasteiger partial charge in [0.1, 0.15) is 0 Å². The highest BCUT2D eigenvalue weighted by Gasteiger charge is 2.21. The molecule has 5 rings (SSSR count). The molecular weight excluding hydrogens is 464 g/mol. The summed E-state index contributed by atoms with van der Waals surface area (Å²) in [7, 11) is 1.67. The molecule has 0 saturated carbocycles. The summed E-state index contributed by atoms with van der Waals surface area (Å²) >= 11 is 3.46. The van der Waals surface area contributed by atoms with Crippen LogP contribution in [-0.4, -0.2) is 60.8 Å². The average molecular weight is 487 g/mol. The fourth-order valence-corrected chi connectivity index (χ4v) is 4.45. The Hall–Kier alpha value is -2.69. The first-order valence-electron chi connectivity index (χ1n) is 10.2. The van der Waals surface area contributed by atoms with Gasteiger partial charge >= 0.3 is 5.69 Å². The van der Waals surface area contributed by atoms with E-state index in [9.17, 15) is 9.59 Å². The van der Waals surface area contributed by atoms with E-state index in [1.54, 1.807) is 11.4 Å². The van der Waals surface area contributed by atoms with Crippen molar-refractivity contribution in [2.24, 2.45) is 7.05 Å². The number of aryl methyl sites for hydroxylation is 2. The van der Waals surface area contributed by atoms with Gasteiger partial charge in [-0.1, -0.05) is 15.9 Å². The molecule has 0 radical (unpaired) electrons. The van der Waals surface area contributed by atoms with Crippen LogP contribution in [0.15, 0.2) is 44.5 Å². The van der Waals surface area contributed by atoms with Gasteiger partial charge in [-0.05, 0) is 31.2 Å². The number of hydrogen-bond donors (Lipinski definition) is 0. The number of morpholine rings is 1. The Bertz CT molecular complexity index is 1390. The maximum Gasteiger partial charge on any atom is 0.332 e. The van der Waals surface area contributed by atoms with Crippen LogP contribution in [-0.2, 0) is 18.3 Å². The molecule has 3 aromatic heterocycles. The minimum absolute atomic E-state index is 0.313. The summed E-state index contributed by atoms with van der Waals surface area (Å²) in [5, 5.41) is 0. The number of rotatable bonds is 4. The summed E-state index contributed by atoms with van der Waals surface area (Å²) in [5.41, 5.74) is 2.02. The predicted octanol–water partition coefficient (Wildman–Crippen LogP) is 1.54. The average Bonchev–Trinajstić information content (AvgIpc) is 3.28. The van der Waals surface area contributed by atoms with Crippen LogP contribution >= 0.6 is 15.9 Å². The van der Waals surface area contributed by atoms with Crippen molar-refractivity contribution < 1.29 is 4.74 Å². The van der Waals surface area contributed by atoms with Gasteiger partial charge in [0, 0.05) is 55.3 Å². The normalized spacial score (nSPS) is 15.3. The second-order valence-corrected chi connectivity index (χ2v) is 8.70. The topological polar surface area (TPSA) is 78.7 Å². The Balaban J connectivity index is 1.66. The van der Waals surface area contributed by atoms with Crippen molar-refractivity contribution in [3.05, 3.63) is 61.5 Å². The molecule has 0 spiro atoms. The highest BCUT2D eigenvalue weighted by Crippen LogP contribution is 2.22. The molecule has 1 aromatic carbocycles. The van der Waals surface area contributed by atoms with Gasteiger partial charge in [-0.3, -0.25) is 27.8 Å². The van der Waals surface area contributed by atoms with E-state index < -0.39 is 0 Å². The molecule has 0 amide bonds. The molecule has 1 aliphatic heterocycles. The predicted molar refractivity (Wildman–Crippen MR) is 121 cm³/mol. The lowest BCUT2D eigenvalue weighted by atomic mass is 10.3. The number of ether oxygens (including phenoxy) is 1. The van der Waals surface area contributed by atoms with Crippen molar-refractivity contribution in [3.63, 3.8) is 0 Å². The minimum Gasteiger partial charge on any atom is -0.379 e. The van der Waals surface area contributed by atoms with Gasteiger partial charge in [-0.25, -0.2) is 4.79 Å². The molecule has 10 heteroatoms. The van der Waals surface area contributed by atoms with Gasteiger partial charge in [-0.15, -0.1) is 0 Å². The molecular formula is C21H23BrN6O3. The van der Waals surface area contributed by atoms with Gasteiger partial charge in [0.25, 0.3) is 5.56 Å². The second-order valence-electron chi connectivity index (χ2n) is 7.79. The van der Waals surface area contributed by atoms with Crippen LogP contribution in [0.3, 0.4) is 0 Å². The Morgan fingerprint density at radius 3 is 2.52 bits per heavy atom. The maximum absolute atomic E-state index is 13.4. The zero-order valence-corrected chi connectivity index (χ0v) is 19.0. The van der Waals surface area contributed by atoms with E-state index >= 15 is 0 Å². The Morgan fingerprint density at radius 1 is 1.10 bits per heavy atom. The van der Waals surface area contributed by atoms with E-state index in [-0.39, 0.29) is 11.2 Å². The molecule has 0 aliphatic carbocycles. The third-order valence-electron chi connectivity index (χ3n) is 5.85. The zero-order chi connectivity index (χ0) is 21.7. The largest absolute Gasteiger partial charge is 0.379 e. The van der Waals surface area contributed by atoms with Crippen molar-refractivity contribution in [3.8, 4) is 5.69 Å². The van der Waals surface area contributed by atoms with Crippen molar-refractivity contribution in [2.75, 3.05) is 32.8 Å². The number of fused-ring (bicyclic) bond motifs is 3. The first kappa shape index (κ1) is 20.2. The molecule has 162 valence electrons. The van der Waals surface area contributed by atoms with Crippen molar-refractivity contribution in [2.45, 2.75) is 13.5 Å². The summed E-state index contributed by atoms with van der Waals surface area (Å²) in [5.74, 6) is 0.604. The first-order chi connectivity index (χ1) is 15.0. The maximum atomic E-state index is 13.4. The molecule has 0 bridgehead atoms. The zero-order valence-electron chi connectivity index (χ0n) is 17.4. The van der Waals surface area contributed by atoms with E-state index in [1.807, 2.05) is 42.0 Å². The van der Waals surface area contributed by atoms with E-state index in [0.29, 0.717) is 43.2 Å². The number of benzene rings is 1. The highest BCUT2D eigenvalue weighted by atomic mass is 79.9. The van der Waals surface area contributed by atoms with Gasteiger partial charge in [-0.2, -0.15) is 4.98 Å². The summed E-state index contributed by atoms with van der Waals surface area (Å²) in [6.45, 7) is 5.91. The van der Waals surface area contributed by atoms with E-state index in [2.05, 4.69) is 25.8 Å². The van der Waals surface area contributed by atoms with Crippen molar-refractivity contribution in [1.82, 2.24) is 28.0 Å². The van der Waals surface area contributed by atoms with Crippen molar-refractivity contribution >= 4 is 32.9 Å². The standard InChI is InChI=1S/C21H23BrN6O3/c1-14-13-27-17-18(23-20(27)28(14)16-5-3-15(22)4-6-16)24(2)21(30)26(19(17)29)8-7-25-9-11-31-12-10-25/h3-6,13H,7-12H2,1-2H3. The Labute approximate surface area is 186 Å². The summed E-state index contributed by atoms with van der Waals surface area (Å²) in [4.78, 5) is 33.2. The third kappa shape index (κ3) is 3.35. The first-order valence-corrected chi connectivity index (χ1v) is 11.0. The van der Waals surface area contributed by atoms with Crippen LogP contribution in [0.1, 0.15) is 5.69 Å². The quantitative estimate of drug-likeness (QED) is 0.437. The summed E-state index contributed by atoms with van der Waals surface area (Å²) < 4.78 is 12.9. The van der Waals surface area contributed by atoms with Crippen LogP contribution in [0.25, 0.3) is 22.6 Å². The summed E-state index contributed by atoms with van der Waals surface area (Å²) in [6.07, 6.45) is 1.89. The number of hydrogen-bond acceptors (Lipinski definition) is 5. The molecule has 0 N–H and O–H groups in total. The monoisotopic (exact) mass is 486 g/mol. The SMILES string of the molecule is Cc1cn2c3c(=O)n(CCN4CCOCC4)c(=O)n(C)c3nc2n1-c1ccc(Br)cc1. The molecule has 31 heavy (non-hydrogen) atoms. The molecule has 0 atom stereocenters. The summed E-state index contributed by atoms with van der Waals surface area (Å²) in [6, 6.07) is 7.89. The molecule has 4 aromatic rings. The lowest BCUT2D eigenvalue weighted by Gasteiger charge is -2.26. The Morgan fingerprint density at radius 2 is 1.81 bits per heavy atom. The highest BCUT2D eigenvalue weighted by molar-refractivity contribution is 9.10. The smallest absolute Gasteiger partial charge is 0.332 e. The number of aromatic nitrogens is 5. The molecule has 1 fully saturated rings. The Kier molecular flexibility index (Phi) is 5.07. The molecule has 0 unspecified atom stereocenters. The number of imidazole rings is 2. The van der Waals surface area contributed by atoms with Crippen LogP contribution in [0.5, 0.6) is 0 Å². The number of nitrogens with zero attached hydrogens (tertiary/aromatic N) is 6. The fraction of sp³-hybridized carbons (Fsp3) is 0.381. The van der Waals surface area contributed by atoms with Crippen molar-refractivity contribution in [1.29, 1.82) is 0 Å². The molecule has 1 saturated heterocycles. The van der Waals surface area contributed by atoms with E-state index in [1.165, 1.54) is 9.13 Å². The van der Waals surface area contributed by atoms with Gasteiger partial charge < -0.3 is 4.74 Å². The van der Waals surface area contributed by atoms with Crippen LogP contribution in [0, 0.1) is 6.92 Å². The van der Waals surface area contributed by atoms with E-state index in [0.717, 1.165) is 28.9 Å². The number of halogens is 1. The van der Waals surface area contributed by atoms with Crippen LogP contribution in [0.2, 0.25) is 0 Å². The van der Waals surface area contributed by atoms with Gasteiger partial charge in [0.15, 0.2) is 11.2 Å². The second kappa shape index (κ2) is 7.77. The van der Waals surface area contributed by atoms with Crippen LogP contribution in [0.4, 0.5) is 0 Å². The lowest BCUT2D eigenvalue weighted by Crippen LogP contribution is -2.44. The lowest BCUT2D eigenvalue weighted by molar-refractivity contribution is 0.0361. The van der Waals surface area contributed by atoms with Gasteiger partial charge in [0.05, 0.1) is 13.2 Å². The third-order valence-corrected chi connectivity index (χ3v) is 6.38. The molecule has 4 heterocycles.